The van der Waals surface area contributed by atoms with Crippen LogP contribution in [0.4, 0.5) is 0 Å². The third-order valence-electron chi connectivity index (χ3n) is 4.65. The molecule has 1 amide bonds. The first-order valence-electron chi connectivity index (χ1n) is 7.86. The number of aromatic nitrogens is 1. The van der Waals surface area contributed by atoms with Crippen LogP contribution in [0.15, 0.2) is 18.2 Å². The highest BCUT2D eigenvalue weighted by atomic mass is 16.2. The summed E-state index contributed by atoms with van der Waals surface area (Å²) in [6, 6.07) is 6.47. The molecule has 0 saturated carbocycles. The molecule has 1 aromatic heterocycles. The minimum atomic E-state index is 0.0647. The number of rotatable bonds is 2. The van der Waals surface area contributed by atoms with Gasteiger partial charge in [-0.3, -0.25) is 9.69 Å². The van der Waals surface area contributed by atoms with Gasteiger partial charge in [0.1, 0.15) is 5.69 Å². The molecule has 2 aliphatic rings. The number of pyridine rings is 1. The van der Waals surface area contributed by atoms with Crippen LogP contribution in [0.2, 0.25) is 0 Å². The molecule has 5 heteroatoms. The van der Waals surface area contributed by atoms with Gasteiger partial charge in [-0.25, -0.2) is 4.98 Å². The summed E-state index contributed by atoms with van der Waals surface area (Å²) in [5, 5.41) is 0. The van der Waals surface area contributed by atoms with Crippen molar-refractivity contribution in [2.75, 3.05) is 26.2 Å². The maximum absolute atomic E-state index is 12.5. The van der Waals surface area contributed by atoms with E-state index in [-0.39, 0.29) is 5.91 Å². The van der Waals surface area contributed by atoms with Crippen molar-refractivity contribution >= 4 is 5.91 Å². The predicted octanol–water partition coefficient (Wildman–Crippen LogP) is 1.03. The largest absolute Gasteiger partial charge is 0.336 e. The van der Waals surface area contributed by atoms with Gasteiger partial charge in [0.15, 0.2) is 0 Å². The Bertz CT molecular complexity index is 511. The first-order valence-corrected chi connectivity index (χ1v) is 7.86. The lowest BCUT2D eigenvalue weighted by Gasteiger charge is -2.34. The number of piperidine rings is 1. The average Bonchev–Trinajstić information content (AvgIpc) is 2.97. The molecule has 1 atom stereocenters. The quantitative estimate of drug-likeness (QED) is 0.883. The van der Waals surface area contributed by atoms with Crippen molar-refractivity contribution in [2.45, 2.75) is 38.3 Å². The van der Waals surface area contributed by atoms with Gasteiger partial charge in [-0.05, 0) is 51.4 Å². The molecule has 3 heterocycles. The molecule has 0 aliphatic carbocycles. The topological polar surface area (TPSA) is 62.5 Å². The van der Waals surface area contributed by atoms with E-state index in [2.05, 4.69) is 9.88 Å². The Morgan fingerprint density at radius 1 is 1.24 bits per heavy atom. The van der Waals surface area contributed by atoms with Crippen LogP contribution in [0.3, 0.4) is 0 Å². The summed E-state index contributed by atoms with van der Waals surface area (Å²) in [5.74, 6) is 0.0647. The minimum absolute atomic E-state index is 0.0647. The molecule has 0 spiro atoms. The van der Waals surface area contributed by atoms with Crippen molar-refractivity contribution in [3.8, 4) is 0 Å². The number of carbonyl (C=O) groups is 1. The lowest BCUT2D eigenvalue weighted by Crippen LogP contribution is -2.46. The summed E-state index contributed by atoms with van der Waals surface area (Å²) >= 11 is 0. The Morgan fingerprint density at radius 2 is 2.00 bits per heavy atom. The molecule has 2 N–H and O–H groups in total. The van der Waals surface area contributed by atoms with Gasteiger partial charge in [-0.2, -0.15) is 0 Å². The monoisotopic (exact) mass is 288 g/mol. The van der Waals surface area contributed by atoms with Gasteiger partial charge in [-0.15, -0.1) is 0 Å². The van der Waals surface area contributed by atoms with Crippen molar-refractivity contribution in [2.24, 2.45) is 5.73 Å². The Hall–Kier alpha value is -1.46. The number of carbonyl (C=O) groups excluding carboxylic acids is 1. The second-order valence-electron chi connectivity index (χ2n) is 6.23. The molecule has 2 fully saturated rings. The summed E-state index contributed by atoms with van der Waals surface area (Å²) in [6.07, 6.45) is 3.21. The molecule has 1 unspecified atom stereocenters. The van der Waals surface area contributed by atoms with Gasteiger partial charge in [0.25, 0.3) is 5.91 Å². The highest BCUT2D eigenvalue weighted by molar-refractivity contribution is 5.92. The first-order chi connectivity index (χ1) is 10.1. The fourth-order valence-corrected chi connectivity index (χ4v) is 3.33. The summed E-state index contributed by atoms with van der Waals surface area (Å²) in [5.41, 5.74) is 7.42. The van der Waals surface area contributed by atoms with E-state index >= 15 is 0 Å². The number of hydrogen-bond donors (Lipinski definition) is 1. The molecule has 2 aliphatic heterocycles. The van der Waals surface area contributed by atoms with Crippen molar-refractivity contribution < 1.29 is 4.79 Å². The van der Waals surface area contributed by atoms with Crippen molar-refractivity contribution in [3.05, 3.63) is 29.6 Å². The molecule has 0 aromatic carbocycles. The smallest absolute Gasteiger partial charge is 0.272 e. The zero-order valence-corrected chi connectivity index (χ0v) is 12.7. The van der Waals surface area contributed by atoms with E-state index in [1.54, 1.807) is 0 Å². The number of hydrogen-bond acceptors (Lipinski definition) is 4. The Morgan fingerprint density at radius 3 is 2.71 bits per heavy atom. The minimum Gasteiger partial charge on any atom is -0.336 e. The second kappa shape index (κ2) is 6.12. The third kappa shape index (κ3) is 3.24. The Labute approximate surface area is 126 Å². The van der Waals surface area contributed by atoms with E-state index in [9.17, 15) is 4.79 Å². The lowest BCUT2D eigenvalue weighted by atomic mass is 10.0. The third-order valence-corrected chi connectivity index (χ3v) is 4.65. The number of nitrogens with zero attached hydrogens (tertiary/aromatic N) is 3. The predicted molar refractivity (Wildman–Crippen MR) is 82.1 cm³/mol. The maximum Gasteiger partial charge on any atom is 0.272 e. The van der Waals surface area contributed by atoms with Gasteiger partial charge in [0.2, 0.25) is 0 Å². The number of amides is 1. The van der Waals surface area contributed by atoms with Crippen molar-refractivity contribution in [1.82, 2.24) is 14.8 Å². The van der Waals surface area contributed by atoms with Crippen LogP contribution in [0.25, 0.3) is 0 Å². The zero-order valence-electron chi connectivity index (χ0n) is 12.7. The van der Waals surface area contributed by atoms with Crippen molar-refractivity contribution in [1.29, 1.82) is 0 Å². The van der Waals surface area contributed by atoms with Crippen LogP contribution in [0, 0.1) is 6.92 Å². The zero-order chi connectivity index (χ0) is 14.8. The first kappa shape index (κ1) is 14.5. The molecule has 3 rings (SSSR count). The van der Waals surface area contributed by atoms with Gasteiger partial charge in [0.05, 0.1) is 0 Å². The molecule has 5 nitrogen and oxygen atoms in total. The molecule has 2 saturated heterocycles. The lowest BCUT2D eigenvalue weighted by molar-refractivity contribution is 0.0763. The molecule has 0 bridgehead atoms. The standard InChI is InChI=1S/C16H24N4O/c1-12-3-2-4-15(18-12)16(21)20-10-7-14(11-20)19-8-5-13(17)6-9-19/h2-4,13-14H,5-11,17H2,1H3. The van der Waals surface area contributed by atoms with Crippen LogP contribution in [-0.2, 0) is 0 Å². The average molecular weight is 288 g/mol. The Balaban J connectivity index is 1.60. The molecular weight excluding hydrogens is 264 g/mol. The fraction of sp³-hybridized carbons (Fsp3) is 0.625. The van der Waals surface area contributed by atoms with E-state index in [4.69, 9.17) is 5.73 Å². The number of likely N-dealkylation sites (tertiary alicyclic amines) is 2. The van der Waals surface area contributed by atoms with Crippen LogP contribution >= 0.6 is 0 Å². The normalized spacial score (nSPS) is 24.5. The van der Waals surface area contributed by atoms with Crippen LogP contribution < -0.4 is 5.73 Å². The molecule has 114 valence electrons. The highest BCUT2D eigenvalue weighted by Crippen LogP contribution is 2.21. The van der Waals surface area contributed by atoms with Gasteiger partial charge < -0.3 is 10.6 Å². The summed E-state index contributed by atoms with van der Waals surface area (Å²) < 4.78 is 0. The number of aryl methyl sites for hydroxylation is 1. The van der Waals surface area contributed by atoms with E-state index < -0.39 is 0 Å². The van der Waals surface area contributed by atoms with E-state index in [1.165, 1.54) is 0 Å². The highest BCUT2D eigenvalue weighted by Gasteiger charge is 2.32. The van der Waals surface area contributed by atoms with E-state index in [0.29, 0.717) is 17.8 Å². The van der Waals surface area contributed by atoms with Gasteiger partial charge >= 0.3 is 0 Å². The van der Waals surface area contributed by atoms with Gasteiger partial charge in [0, 0.05) is 30.9 Å². The molecular formula is C16H24N4O. The maximum atomic E-state index is 12.5. The van der Waals surface area contributed by atoms with Crippen LogP contribution in [0.1, 0.15) is 35.4 Å². The fourth-order valence-electron chi connectivity index (χ4n) is 3.33. The van der Waals surface area contributed by atoms with Crippen LogP contribution in [0.5, 0.6) is 0 Å². The second-order valence-corrected chi connectivity index (χ2v) is 6.23. The van der Waals surface area contributed by atoms with E-state index in [0.717, 1.165) is 51.1 Å². The summed E-state index contributed by atoms with van der Waals surface area (Å²) in [4.78, 5) is 21.3. The van der Waals surface area contributed by atoms with Gasteiger partial charge in [-0.1, -0.05) is 6.07 Å². The van der Waals surface area contributed by atoms with E-state index in [1.807, 2.05) is 30.0 Å². The summed E-state index contributed by atoms with van der Waals surface area (Å²) in [6.45, 7) is 5.71. The van der Waals surface area contributed by atoms with Crippen molar-refractivity contribution in [3.63, 3.8) is 0 Å². The number of nitrogens with two attached hydrogens (primary N) is 1. The SMILES string of the molecule is Cc1cccc(C(=O)N2CCC(N3CCC(N)CC3)C2)n1. The molecule has 0 radical (unpaired) electrons. The Kier molecular flexibility index (Phi) is 4.22. The molecule has 21 heavy (non-hydrogen) atoms. The summed E-state index contributed by atoms with van der Waals surface area (Å²) in [7, 11) is 0. The molecule has 1 aromatic rings. The van der Waals surface area contributed by atoms with Crippen LogP contribution in [-0.4, -0.2) is 59.0 Å².